The molecule has 0 saturated heterocycles. The monoisotopic (exact) mass is 346 g/mol. The lowest BCUT2D eigenvalue weighted by Crippen LogP contribution is -2.36. The molecule has 26 heavy (non-hydrogen) atoms. The molecule has 0 spiro atoms. The molecular formula is C20H18N4O2. The van der Waals surface area contributed by atoms with Crippen molar-refractivity contribution in [2.24, 2.45) is 5.10 Å². The van der Waals surface area contributed by atoms with Crippen LogP contribution >= 0.6 is 0 Å². The van der Waals surface area contributed by atoms with E-state index in [4.69, 9.17) is 5.26 Å². The summed E-state index contributed by atoms with van der Waals surface area (Å²) >= 11 is 0. The molecule has 0 aliphatic carbocycles. The molecule has 130 valence electrons. The van der Waals surface area contributed by atoms with Gasteiger partial charge in [0.1, 0.15) is 5.71 Å². The van der Waals surface area contributed by atoms with Crippen molar-refractivity contribution in [1.29, 1.82) is 5.26 Å². The molecule has 2 amide bonds. The maximum atomic E-state index is 12.5. The second kappa shape index (κ2) is 7.19. The van der Waals surface area contributed by atoms with E-state index in [1.54, 1.807) is 24.3 Å². The quantitative estimate of drug-likeness (QED) is 0.925. The van der Waals surface area contributed by atoms with Gasteiger partial charge in [-0.1, -0.05) is 12.1 Å². The Hall–Kier alpha value is -3.46. The van der Waals surface area contributed by atoms with Crippen molar-refractivity contribution < 1.29 is 9.59 Å². The van der Waals surface area contributed by atoms with E-state index in [9.17, 15) is 9.59 Å². The summed E-state index contributed by atoms with van der Waals surface area (Å²) in [5.74, 6) is -0.480. The highest BCUT2D eigenvalue weighted by Gasteiger charge is 2.26. The van der Waals surface area contributed by atoms with Crippen LogP contribution in [-0.2, 0) is 9.59 Å². The Kier molecular flexibility index (Phi) is 4.81. The molecule has 1 heterocycles. The van der Waals surface area contributed by atoms with E-state index in [0.29, 0.717) is 29.1 Å². The number of nitriles is 1. The molecular weight excluding hydrogens is 328 g/mol. The highest BCUT2D eigenvalue weighted by molar-refractivity contribution is 6.44. The van der Waals surface area contributed by atoms with Crippen LogP contribution in [0.5, 0.6) is 0 Å². The average molecular weight is 346 g/mol. The number of aryl methyl sites for hydroxylation is 2. The zero-order valence-corrected chi connectivity index (χ0v) is 14.6. The fraction of sp³-hybridized carbons (Fsp3) is 0.200. The van der Waals surface area contributed by atoms with Crippen LogP contribution in [0.15, 0.2) is 47.6 Å². The van der Waals surface area contributed by atoms with Gasteiger partial charge in [-0.3, -0.25) is 9.59 Å². The lowest BCUT2D eigenvalue weighted by molar-refractivity contribution is -0.118. The van der Waals surface area contributed by atoms with Gasteiger partial charge in [-0.25, -0.2) is 5.01 Å². The number of rotatable bonds is 3. The SMILES string of the molecule is Cc1ccc(C)c(N2N=C(C(=O)Nc3ccc(C#N)cc3)CCC2=O)c1. The molecule has 0 fully saturated rings. The molecule has 0 radical (unpaired) electrons. The minimum absolute atomic E-state index is 0.131. The molecule has 1 aliphatic heterocycles. The van der Waals surface area contributed by atoms with Crippen LogP contribution in [0.1, 0.15) is 29.5 Å². The van der Waals surface area contributed by atoms with E-state index in [1.807, 2.05) is 38.1 Å². The Labute approximate surface area is 151 Å². The number of hydrogen-bond acceptors (Lipinski definition) is 4. The van der Waals surface area contributed by atoms with Gasteiger partial charge in [0.05, 0.1) is 17.3 Å². The molecule has 0 atom stereocenters. The molecule has 0 unspecified atom stereocenters. The molecule has 6 nitrogen and oxygen atoms in total. The fourth-order valence-corrected chi connectivity index (χ4v) is 2.68. The van der Waals surface area contributed by atoms with Gasteiger partial charge in [-0.15, -0.1) is 0 Å². The smallest absolute Gasteiger partial charge is 0.271 e. The average Bonchev–Trinajstić information content (AvgIpc) is 2.65. The fourth-order valence-electron chi connectivity index (χ4n) is 2.68. The molecule has 3 rings (SSSR count). The number of anilines is 2. The lowest BCUT2D eigenvalue weighted by Gasteiger charge is -2.24. The first-order valence-corrected chi connectivity index (χ1v) is 8.27. The number of benzene rings is 2. The number of nitrogens with zero attached hydrogens (tertiary/aromatic N) is 3. The molecule has 6 heteroatoms. The topological polar surface area (TPSA) is 85.6 Å². The maximum absolute atomic E-state index is 12.5. The van der Waals surface area contributed by atoms with Crippen LogP contribution in [0, 0.1) is 25.2 Å². The largest absolute Gasteiger partial charge is 0.321 e. The molecule has 0 saturated carbocycles. The van der Waals surface area contributed by atoms with Crippen LogP contribution < -0.4 is 10.3 Å². The summed E-state index contributed by atoms with van der Waals surface area (Å²) in [6, 6.07) is 14.4. The first-order valence-electron chi connectivity index (χ1n) is 8.27. The summed E-state index contributed by atoms with van der Waals surface area (Å²) in [6.07, 6.45) is 0.523. The highest BCUT2D eigenvalue weighted by atomic mass is 16.2. The summed E-state index contributed by atoms with van der Waals surface area (Å²) in [7, 11) is 0. The number of amides is 2. The molecule has 1 N–H and O–H groups in total. The zero-order valence-electron chi connectivity index (χ0n) is 14.6. The van der Waals surface area contributed by atoms with Crippen LogP contribution in [0.3, 0.4) is 0 Å². The molecule has 1 aliphatic rings. The number of nitrogens with one attached hydrogen (secondary N) is 1. The van der Waals surface area contributed by atoms with Crippen molar-refractivity contribution >= 4 is 28.9 Å². The standard InChI is InChI=1S/C20H18N4O2/c1-13-3-4-14(2)18(11-13)24-19(25)10-9-17(23-24)20(26)22-16-7-5-15(12-21)6-8-16/h3-8,11H,9-10H2,1-2H3,(H,22,26). The Balaban J connectivity index is 1.84. The third-order valence-corrected chi connectivity index (χ3v) is 4.16. The highest BCUT2D eigenvalue weighted by Crippen LogP contribution is 2.25. The van der Waals surface area contributed by atoms with Gasteiger partial charge < -0.3 is 5.32 Å². The van der Waals surface area contributed by atoms with Gasteiger partial charge in [0.2, 0.25) is 5.91 Å². The Morgan fingerprint density at radius 1 is 1.15 bits per heavy atom. The van der Waals surface area contributed by atoms with Gasteiger partial charge in [0.15, 0.2) is 0 Å². The molecule has 2 aromatic rings. The third-order valence-electron chi connectivity index (χ3n) is 4.16. The summed E-state index contributed by atoms with van der Waals surface area (Å²) < 4.78 is 0. The van der Waals surface area contributed by atoms with Crippen LogP contribution in [0.4, 0.5) is 11.4 Å². The third kappa shape index (κ3) is 3.62. The van der Waals surface area contributed by atoms with Crippen LogP contribution in [-0.4, -0.2) is 17.5 Å². The molecule has 0 aromatic heterocycles. The first-order chi connectivity index (χ1) is 12.5. The van der Waals surface area contributed by atoms with E-state index in [-0.39, 0.29) is 18.2 Å². The Morgan fingerprint density at radius 3 is 2.58 bits per heavy atom. The van der Waals surface area contributed by atoms with Crippen LogP contribution in [0.25, 0.3) is 0 Å². The summed E-state index contributed by atoms with van der Waals surface area (Å²) in [5.41, 5.74) is 4.02. The normalized spacial score (nSPS) is 13.8. The van der Waals surface area contributed by atoms with Gasteiger partial charge >= 0.3 is 0 Å². The van der Waals surface area contributed by atoms with Crippen molar-refractivity contribution in [3.63, 3.8) is 0 Å². The second-order valence-corrected chi connectivity index (χ2v) is 6.19. The number of hydrazone groups is 1. The summed E-state index contributed by atoms with van der Waals surface area (Å²) in [5, 5.41) is 17.2. The Bertz CT molecular complexity index is 939. The number of carbonyl (C=O) groups is 2. The van der Waals surface area contributed by atoms with Crippen molar-refractivity contribution in [3.8, 4) is 6.07 Å². The van der Waals surface area contributed by atoms with Gasteiger partial charge in [0, 0.05) is 18.5 Å². The van der Waals surface area contributed by atoms with E-state index < -0.39 is 0 Å². The summed E-state index contributed by atoms with van der Waals surface area (Å²) in [4.78, 5) is 24.8. The second-order valence-electron chi connectivity index (χ2n) is 6.19. The Morgan fingerprint density at radius 2 is 1.88 bits per heavy atom. The van der Waals surface area contributed by atoms with Gasteiger partial charge in [-0.2, -0.15) is 10.4 Å². The van der Waals surface area contributed by atoms with E-state index in [2.05, 4.69) is 10.4 Å². The van der Waals surface area contributed by atoms with Gasteiger partial charge in [0.25, 0.3) is 5.91 Å². The zero-order chi connectivity index (χ0) is 18.7. The predicted molar refractivity (Wildman–Crippen MR) is 99.9 cm³/mol. The van der Waals surface area contributed by atoms with Gasteiger partial charge in [-0.05, 0) is 55.3 Å². The minimum Gasteiger partial charge on any atom is -0.321 e. The maximum Gasteiger partial charge on any atom is 0.271 e. The number of carbonyl (C=O) groups excluding carboxylic acids is 2. The van der Waals surface area contributed by atoms with Crippen molar-refractivity contribution in [3.05, 3.63) is 59.2 Å². The first kappa shape index (κ1) is 17.4. The minimum atomic E-state index is -0.350. The number of hydrogen-bond donors (Lipinski definition) is 1. The molecule has 0 bridgehead atoms. The van der Waals surface area contributed by atoms with E-state index in [1.165, 1.54) is 5.01 Å². The van der Waals surface area contributed by atoms with Crippen molar-refractivity contribution in [2.45, 2.75) is 26.7 Å². The van der Waals surface area contributed by atoms with E-state index in [0.717, 1.165) is 11.1 Å². The van der Waals surface area contributed by atoms with Crippen molar-refractivity contribution in [1.82, 2.24) is 0 Å². The molecule has 2 aromatic carbocycles. The van der Waals surface area contributed by atoms with Crippen molar-refractivity contribution in [2.75, 3.05) is 10.3 Å². The van der Waals surface area contributed by atoms with E-state index >= 15 is 0 Å². The predicted octanol–water partition coefficient (Wildman–Crippen LogP) is 3.30. The lowest BCUT2D eigenvalue weighted by atomic mass is 10.1. The summed E-state index contributed by atoms with van der Waals surface area (Å²) in [6.45, 7) is 3.85. The van der Waals surface area contributed by atoms with Crippen LogP contribution in [0.2, 0.25) is 0 Å².